The number of benzene rings is 1. The summed E-state index contributed by atoms with van der Waals surface area (Å²) < 4.78 is 26.1. The van der Waals surface area contributed by atoms with Crippen LogP contribution in [0.3, 0.4) is 0 Å². The third-order valence-corrected chi connectivity index (χ3v) is 5.01. The van der Waals surface area contributed by atoms with Gasteiger partial charge in [0, 0.05) is 18.3 Å². The van der Waals surface area contributed by atoms with Crippen LogP contribution < -0.4 is 5.73 Å². The molecule has 16 heavy (non-hydrogen) atoms. The third-order valence-electron chi connectivity index (χ3n) is 2.98. The summed E-state index contributed by atoms with van der Waals surface area (Å²) in [6, 6.07) is 6.47. The molecule has 0 amide bonds. The predicted molar refractivity (Wildman–Crippen MR) is 63.4 cm³/mol. The van der Waals surface area contributed by atoms with Crippen molar-refractivity contribution in [1.82, 2.24) is 4.31 Å². The Morgan fingerprint density at radius 3 is 2.44 bits per heavy atom. The van der Waals surface area contributed by atoms with E-state index in [-0.39, 0.29) is 6.04 Å². The minimum Gasteiger partial charge on any atom is -0.399 e. The summed E-state index contributed by atoms with van der Waals surface area (Å²) >= 11 is 0. The molecular weight excluding hydrogens is 224 g/mol. The van der Waals surface area contributed by atoms with Gasteiger partial charge in [0.1, 0.15) is 0 Å². The van der Waals surface area contributed by atoms with Gasteiger partial charge in [-0.3, -0.25) is 0 Å². The van der Waals surface area contributed by atoms with Crippen molar-refractivity contribution in [3.63, 3.8) is 0 Å². The first-order valence-electron chi connectivity index (χ1n) is 5.39. The third kappa shape index (κ3) is 1.92. The first kappa shape index (κ1) is 11.4. The summed E-state index contributed by atoms with van der Waals surface area (Å²) in [5.74, 6) is 0. The Bertz CT molecular complexity index is 467. The zero-order valence-electron chi connectivity index (χ0n) is 9.26. The highest BCUT2D eigenvalue weighted by molar-refractivity contribution is 7.89. The fourth-order valence-electron chi connectivity index (χ4n) is 2.04. The van der Waals surface area contributed by atoms with Gasteiger partial charge in [-0.15, -0.1) is 0 Å². The number of nitrogens with zero attached hydrogens (tertiary/aromatic N) is 1. The Kier molecular flexibility index (Phi) is 2.90. The molecule has 1 aromatic carbocycles. The molecule has 4 nitrogen and oxygen atoms in total. The standard InChI is InChI=1S/C11H16N2O2S/c1-9-3-2-8-13(9)16(14,15)11-6-4-10(12)5-7-11/h4-7,9H,2-3,8,12H2,1H3/t9-/m1/s1. The van der Waals surface area contributed by atoms with E-state index in [1.165, 1.54) is 0 Å². The SMILES string of the molecule is C[C@@H]1CCCN1S(=O)(=O)c1ccc(N)cc1. The minimum absolute atomic E-state index is 0.0996. The minimum atomic E-state index is -3.33. The lowest BCUT2D eigenvalue weighted by molar-refractivity contribution is 0.408. The lowest BCUT2D eigenvalue weighted by Crippen LogP contribution is -2.33. The average molecular weight is 240 g/mol. The molecule has 2 rings (SSSR count). The molecule has 5 heteroatoms. The number of hydrogen-bond acceptors (Lipinski definition) is 3. The Balaban J connectivity index is 2.35. The van der Waals surface area contributed by atoms with Crippen LogP contribution in [0.1, 0.15) is 19.8 Å². The van der Waals surface area contributed by atoms with Crippen LogP contribution in [0.25, 0.3) is 0 Å². The van der Waals surface area contributed by atoms with E-state index in [4.69, 9.17) is 5.73 Å². The maximum Gasteiger partial charge on any atom is 0.243 e. The van der Waals surface area contributed by atoms with E-state index in [9.17, 15) is 8.42 Å². The summed E-state index contributed by atoms with van der Waals surface area (Å²) in [7, 11) is -3.33. The normalized spacial score (nSPS) is 22.4. The van der Waals surface area contributed by atoms with Gasteiger partial charge in [0.2, 0.25) is 10.0 Å². The molecule has 0 aromatic heterocycles. The Labute approximate surface area is 96.1 Å². The van der Waals surface area contributed by atoms with Gasteiger partial charge in [-0.2, -0.15) is 4.31 Å². The molecule has 88 valence electrons. The lowest BCUT2D eigenvalue weighted by atomic mass is 10.3. The van der Waals surface area contributed by atoms with E-state index in [1.807, 2.05) is 6.92 Å². The van der Waals surface area contributed by atoms with Gasteiger partial charge in [0.05, 0.1) is 4.90 Å². The highest BCUT2D eigenvalue weighted by Gasteiger charge is 2.32. The van der Waals surface area contributed by atoms with Crippen LogP contribution in [0.15, 0.2) is 29.2 Å². The molecule has 2 N–H and O–H groups in total. The van der Waals surface area contributed by atoms with Crippen LogP contribution in [0.2, 0.25) is 0 Å². The van der Waals surface area contributed by atoms with E-state index in [1.54, 1.807) is 28.6 Å². The predicted octanol–water partition coefficient (Wildman–Crippen LogP) is 1.44. The van der Waals surface area contributed by atoms with E-state index in [0.29, 0.717) is 17.1 Å². The molecule has 0 aliphatic carbocycles. The number of hydrogen-bond donors (Lipinski definition) is 1. The molecule has 1 fully saturated rings. The van der Waals surface area contributed by atoms with Crippen LogP contribution in [0.5, 0.6) is 0 Å². The van der Waals surface area contributed by atoms with Gasteiger partial charge in [-0.05, 0) is 44.0 Å². The van der Waals surface area contributed by atoms with E-state index in [2.05, 4.69) is 0 Å². The largest absolute Gasteiger partial charge is 0.399 e. The number of nitrogen functional groups attached to an aromatic ring is 1. The van der Waals surface area contributed by atoms with Crippen LogP contribution in [-0.2, 0) is 10.0 Å². The summed E-state index contributed by atoms with van der Waals surface area (Å²) in [5.41, 5.74) is 6.12. The van der Waals surface area contributed by atoms with Crippen LogP contribution in [-0.4, -0.2) is 25.3 Å². The zero-order chi connectivity index (χ0) is 11.8. The highest BCUT2D eigenvalue weighted by atomic mass is 32.2. The first-order valence-corrected chi connectivity index (χ1v) is 6.83. The molecule has 1 aliphatic heterocycles. The number of anilines is 1. The summed E-state index contributed by atoms with van der Waals surface area (Å²) in [6.45, 7) is 2.57. The molecule has 0 saturated carbocycles. The van der Waals surface area contributed by atoms with Crippen LogP contribution in [0, 0.1) is 0 Å². The monoisotopic (exact) mass is 240 g/mol. The molecule has 1 aromatic rings. The van der Waals surface area contributed by atoms with Crippen molar-refractivity contribution in [2.45, 2.75) is 30.7 Å². The maximum absolute atomic E-state index is 12.2. The number of rotatable bonds is 2. The van der Waals surface area contributed by atoms with E-state index in [0.717, 1.165) is 12.8 Å². The van der Waals surface area contributed by atoms with Gasteiger partial charge in [0.15, 0.2) is 0 Å². The van der Waals surface area contributed by atoms with Gasteiger partial charge in [-0.25, -0.2) is 8.42 Å². The molecule has 1 saturated heterocycles. The Hall–Kier alpha value is -1.07. The molecule has 1 atom stereocenters. The smallest absolute Gasteiger partial charge is 0.243 e. The van der Waals surface area contributed by atoms with Crippen molar-refractivity contribution in [2.75, 3.05) is 12.3 Å². The van der Waals surface area contributed by atoms with Crippen LogP contribution >= 0.6 is 0 Å². The number of sulfonamides is 1. The quantitative estimate of drug-likeness (QED) is 0.796. The molecule has 1 heterocycles. The molecule has 0 unspecified atom stereocenters. The van der Waals surface area contributed by atoms with Crippen LogP contribution in [0.4, 0.5) is 5.69 Å². The van der Waals surface area contributed by atoms with Crippen molar-refractivity contribution in [3.8, 4) is 0 Å². The second-order valence-electron chi connectivity index (χ2n) is 4.18. The molecule has 0 spiro atoms. The van der Waals surface area contributed by atoms with Crippen molar-refractivity contribution in [2.24, 2.45) is 0 Å². The fraction of sp³-hybridized carbons (Fsp3) is 0.455. The maximum atomic E-state index is 12.2. The lowest BCUT2D eigenvalue weighted by Gasteiger charge is -2.20. The number of nitrogens with two attached hydrogens (primary N) is 1. The highest BCUT2D eigenvalue weighted by Crippen LogP contribution is 2.25. The second kappa shape index (κ2) is 4.07. The van der Waals surface area contributed by atoms with Gasteiger partial charge in [0.25, 0.3) is 0 Å². The molecule has 0 bridgehead atoms. The van der Waals surface area contributed by atoms with E-state index < -0.39 is 10.0 Å². The summed E-state index contributed by atoms with van der Waals surface area (Å²) in [5, 5.41) is 0. The summed E-state index contributed by atoms with van der Waals surface area (Å²) in [6.07, 6.45) is 1.88. The molecule has 1 aliphatic rings. The topological polar surface area (TPSA) is 63.4 Å². The van der Waals surface area contributed by atoms with Crippen molar-refractivity contribution in [3.05, 3.63) is 24.3 Å². The average Bonchev–Trinajstić information content (AvgIpc) is 2.66. The van der Waals surface area contributed by atoms with Crippen molar-refractivity contribution in [1.29, 1.82) is 0 Å². The Morgan fingerprint density at radius 1 is 1.31 bits per heavy atom. The zero-order valence-corrected chi connectivity index (χ0v) is 10.1. The van der Waals surface area contributed by atoms with Crippen molar-refractivity contribution >= 4 is 15.7 Å². The van der Waals surface area contributed by atoms with Gasteiger partial charge in [-0.1, -0.05) is 0 Å². The summed E-state index contributed by atoms with van der Waals surface area (Å²) in [4.78, 5) is 0.329. The van der Waals surface area contributed by atoms with Crippen molar-refractivity contribution < 1.29 is 8.42 Å². The fourth-order valence-corrected chi connectivity index (χ4v) is 3.74. The second-order valence-corrected chi connectivity index (χ2v) is 6.07. The van der Waals surface area contributed by atoms with Gasteiger partial charge >= 0.3 is 0 Å². The molecular formula is C11H16N2O2S. The van der Waals surface area contributed by atoms with Gasteiger partial charge < -0.3 is 5.73 Å². The van der Waals surface area contributed by atoms with E-state index >= 15 is 0 Å². The Morgan fingerprint density at radius 2 is 1.94 bits per heavy atom. The first-order chi connectivity index (χ1) is 7.51. The molecule has 0 radical (unpaired) electrons.